The molecule has 2 atom stereocenters. The van der Waals surface area contributed by atoms with Gasteiger partial charge in [0.2, 0.25) is 0 Å². The number of carbonyl (C=O) groups is 1. The Hall–Kier alpha value is -1.06. The predicted molar refractivity (Wildman–Crippen MR) is 73.4 cm³/mol. The first kappa shape index (κ1) is 13.4. The molecule has 2 aliphatic rings. The first-order valence-electron chi connectivity index (χ1n) is 6.93. The van der Waals surface area contributed by atoms with Gasteiger partial charge in [0.05, 0.1) is 0 Å². The zero-order valence-corrected chi connectivity index (χ0v) is 12.1. The van der Waals surface area contributed by atoms with Crippen LogP contribution in [-0.2, 0) is 4.79 Å². The molecular weight excluding hydrogens is 226 g/mol. The lowest BCUT2D eigenvalue weighted by Crippen LogP contribution is -2.56. The second-order valence-corrected chi connectivity index (χ2v) is 6.89. The van der Waals surface area contributed by atoms with Crippen LogP contribution in [0.4, 0.5) is 0 Å². The van der Waals surface area contributed by atoms with Gasteiger partial charge in [-0.15, -0.1) is 0 Å². The maximum Gasteiger partial charge on any atom is 0.252 e. The third-order valence-corrected chi connectivity index (χ3v) is 4.26. The van der Waals surface area contributed by atoms with Gasteiger partial charge in [-0.05, 0) is 44.4 Å². The number of carbonyl (C=O) groups excluding carboxylic acids is 1. The van der Waals surface area contributed by atoms with E-state index in [2.05, 4.69) is 36.4 Å². The number of hydrogen-bond acceptors (Lipinski definition) is 2. The Morgan fingerprint density at radius 2 is 2.00 bits per heavy atom. The van der Waals surface area contributed by atoms with Crippen LogP contribution in [-0.4, -0.2) is 23.4 Å². The van der Waals surface area contributed by atoms with E-state index in [1.54, 1.807) is 0 Å². The minimum atomic E-state index is -0.427. The fraction of sp³-hybridized carbons (Fsp3) is 0.857. The van der Waals surface area contributed by atoms with E-state index in [1.165, 1.54) is 0 Å². The van der Waals surface area contributed by atoms with Crippen molar-refractivity contribution in [3.8, 4) is 0 Å². The van der Waals surface area contributed by atoms with Crippen LogP contribution >= 0.6 is 0 Å². The maximum atomic E-state index is 12.3. The van der Waals surface area contributed by atoms with Crippen LogP contribution in [0.2, 0.25) is 0 Å². The molecule has 2 N–H and O–H groups in total. The second-order valence-electron chi connectivity index (χ2n) is 6.89. The van der Waals surface area contributed by atoms with Crippen LogP contribution in [0.25, 0.3) is 0 Å². The van der Waals surface area contributed by atoms with E-state index in [-0.39, 0.29) is 11.9 Å². The van der Waals surface area contributed by atoms with E-state index in [0.717, 1.165) is 19.3 Å². The van der Waals surface area contributed by atoms with Gasteiger partial charge in [0, 0.05) is 6.04 Å². The molecule has 2 rings (SSSR count). The normalized spacial score (nSPS) is 37.1. The van der Waals surface area contributed by atoms with Crippen LogP contribution in [0.5, 0.6) is 0 Å². The number of nitrogens with one attached hydrogen (secondary N) is 2. The summed E-state index contributed by atoms with van der Waals surface area (Å²) in [5, 5.41) is 6.27. The number of amides is 1. The number of nitrogens with zero attached hydrogens (tertiary/aromatic N) is 1. The maximum absolute atomic E-state index is 12.3. The van der Waals surface area contributed by atoms with Crippen molar-refractivity contribution < 1.29 is 4.79 Å². The van der Waals surface area contributed by atoms with E-state index in [9.17, 15) is 4.79 Å². The summed E-state index contributed by atoms with van der Waals surface area (Å²) >= 11 is 0. The highest BCUT2D eigenvalue weighted by Gasteiger charge is 2.53. The van der Waals surface area contributed by atoms with Crippen molar-refractivity contribution in [3.63, 3.8) is 0 Å². The molecule has 0 aromatic heterocycles. The van der Waals surface area contributed by atoms with E-state index in [4.69, 9.17) is 0 Å². The highest BCUT2D eigenvalue weighted by molar-refractivity contribution is 6.09. The first-order chi connectivity index (χ1) is 8.25. The van der Waals surface area contributed by atoms with Gasteiger partial charge in [0.25, 0.3) is 5.91 Å². The Bertz CT molecular complexity index is 387. The van der Waals surface area contributed by atoms with Crippen LogP contribution < -0.4 is 10.6 Å². The van der Waals surface area contributed by atoms with Gasteiger partial charge in [-0.3, -0.25) is 15.1 Å². The Kier molecular flexibility index (Phi) is 3.16. The molecule has 1 saturated carbocycles. The van der Waals surface area contributed by atoms with Crippen molar-refractivity contribution in [2.75, 3.05) is 0 Å². The molecule has 0 radical (unpaired) electrons. The summed E-state index contributed by atoms with van der Waals surface area (Å²) in [6.07, 6.45) is 3.04. The fourth-order valence-corrected chi connectivity index (χ4v) is 3.25. The molecule has 1 saturated heterocycles. The SMILES string of the molecule is CC(C)N=C1NC(=O)C2(CCC(C)(C)CC2C)N1. The lowest BCUT2D eigenvalue weighted by Gasteiger charge is -2.44. The summed E-state index contributed by atoms with van der Waals surface area (Å²) in [6.45, 7) is 10.8. The van der Waals surface area contributed by atoms with Crippen molar-refractivity contribution in [2.24, 2.45) is 16.3 Å². The minimum absolute atomic E-state index is 0.102. The Morgan fingerprint density at radius 3 is 2.56 bits per heavy atom. The van der Waals surface area contributed by atoms with Crippen molar-refractivity contribution in [1.29, 1.82) is 0 Å². The van der Waals surface area contributed by atoms with Crippen LogP contribution in [0.15, 0.2) is 4.99 Å². The van der Waals surface area contributed by atoms with Gasteiger partial charge in [-0.1, -0.05) is 20.8 Å². The van der Waals surface area contributed by atoms with Crippen LogP contribution in [0, 0.1) is 11.3 Å². The molecule has 102 valence electrons. The third kappa shape index (κ3) is 2.25. The van der Waals surface area contributed by atoms with Gasteiger partial charge in [-0.25, -0.2) is 0 Å². The predicted octanol–water partition coefficient (Wildman–Crippen LogP) is 2.06. The standard InChI is InChI=1S/C14H25N3O/c1-9(2)15-12-16-11(18)14(17-12)7-6-13(4,5)8-10(14)3/h9-10H,6-8H2,1-5H3,(H2,15,16,17,18). The van der Waals surface area contributed by atoms with Crippen LogP contribution in [0.3, 0.4) is 0 Å². The zero-order chi connectivity index (χ0) is 13.6. The molecule has 4 heteroatoms. The molecule has 1 aliphatic heterocycles. The molecule has 4 nitrogen and oxygen atoms in total. The quantitative estimate of drug-likeness (QED) is 0.749. The monoisotopic (exact) mass is 251 g/mol. The molecule has 2 unspecified atom stereocenters. The lowest BCUT2D eigenvalue weighted by atomic mass is 9.64. The van der Waals surface area contributed by atoms with E-state index < -0.39 is 5.54 Å². The smallest absolute Gasteiger partial charge is 0.252 e. The molecule has 1 spiro atoms. The lowest BCUT2D eigenvalue weighted by molar-refractivity contribution is -0.128. The highest BCUT2D eigenvalue weighted by Crippen LogP contribution is 2.44. The number of rotatable bonds is 1. The molecule has 1 amide bonds. The number of guanidine groups is 1. The van der Waals surface area contributed by atoms with Crippen molar-refractivity contribution in [3.05, 3.63) is 0 Å². The molecule has 18 heavy (non-hydrogen) atoms. The minimum Gasteiger partial charge on any atom is -0.341 e. The Labute approximate surface area is 110 Å². The highest BCUT2D eigenvalue weighted by atomic mass is 16.2. The largest absolute Gasteiger partial charge is 0.341 e. The molecule has 0 aromatic carbocycles. The van der Waals surface area contributed by atoms with E-state index in [1.807, 2.05) is 13.8 Å². The summed E-state index contributed by atoms with van der Waals surface area (Å²) in [4.78, 5) is 16.7. The molecule has 2 fully saturated rings. The zero-order valence-electron chi connectivity index (χ0n) is 12.1. The average molecular weight is 251 g/mol. The van der Waals surface area contributed by atoms with Crippen molar-refractivity contribution in [2.45, 2.75) is 65.5 Å². The fourth-order valence-electron chi connectivity index (χ4n) is 3.25. The molecule has 0 bridgehead atoms. The summed E-state index contributed by atoms with van der Waals surface area (Å²) < 4.78 is 0. The molecule has 1 heterocycles. The van der Waals surface area contributed by atoms with Gasteiger partial charge in [0.15, 0.2) is 5.96 Å². The van der Waals surface area contributed by atoms with Gasteiger partial charge >= 0.3 is 0 Å². The van der Waals surface area contributed by atoms with Gasteiger partial charge < -0.3 is 5.32 Å². The average Bonchev–Trinajstić information content (AvgIpc) is 2.49. The number of aliphatic imine (C=N–C) groups is 1. The Morgan fingerprint density at radius 1 is 1.33 bits per heavy atom. The first-order valence-corrected chi connectivity index (χ1v) is 6.93. The number of hydrogen-bond donors (Lipinski definition) is 2. The second kappa shape index (κ2) is 4.25. The van der Waals surface area contributed by atoms with Crippen molar-refractivity contribution in [1.82, 2.24) is 10.6 Å². The summed E-state index contributed by atoms with van der Waals surface area (Å²) in [5.41, 5.74) is -0.0895. The topological polar surface area (TPSA) is 53.5 Å². The Balaban J connectivity index is 2.20. The summed E-state index contributed by atoms with van der Waals surface area (Å²) in [6, 6.07) is 0.193. The van der Waals surface area contributed by atoms with Gasteiger partial charge in [-0.2, -0.15) is 0 Å². The van der Waals surface area contributed by atoms with E-state index in [0.29, 0.717) is 17.3 Å². The van der Waals surface area contributed by atoms with Crippen molar-refractivity contribution >= 4 is 11.9 Å². The summed E-state index contributed by atoms with van der Waals surface area (Å²) in [7, 11) is 0. The summed E-state index contributed by atoms with van der Waals surface area (Å²) in [5.74, 6) is 1.09. The molecule has 0 aromatic rings. The molecular formula is C14H25N3O. The molecule has 1 aliphatic carbocycles. The van der Waals surface area contributed by atoms with Crippen LogP contribution in [0.1, 0.15) is 53.9 Å². The van der Waals surface area contributed by atoms with Gasteiger partial charge in [0.1, 0.15) is 5.54 Å². The third-order valence-electron chi connectivity index (χ3n) is 4.26. The van der Waals surface area contributed by atoms with E-state index >= 15 is 0 Å².